The van der Waals surface area contributed by atoms with Crippen LogP contribution in [0, 0.1) is 0 Å². The number of carboxylic acids is 1. The third-order valence-electron chi connectivity index (χ3n) is 2.61. The second-order valence-corrected chi connectivity index (χ2v) is 4.28. The Bertz CT molecular complexity index is 635. The maximum atomic E-state index is 10.4. The van der Waals surface area contributed by atoms with Crippen molar-refractivity contribution in [2.45, 2.75) is 6.61 Å². The highest BCUT2D eigenvalue weighted by atomic mass is 16.5. The number of carbonyl (C=O) groups is 1. The molecule has 1 aromatic carbocycles. The SMILES string of the molecule is COCc1cccc(Oc2ccc(/C=C/C(=O)O)cn2)c1. The zero-order chi connectivity index (χ0) is 15.1. The lowest BCUT2D eigenvalue weighted by Crippen LogP contribution is -1.91. The zero-order valence-electron chi connectivity index (χ0n) is 11.5. The van der Waals surface area contributed by atoms with Crippen LogP contribution in [0.25, 0.3) is 6.08 Å². The molecule has 0 fully saturated rings. The van der Waals surface area contributed by atoms with Gasteiger partial charge in [0.15, 0.2) is 0 Å². The van der Waals surface area contributed by atoms with Gasteiger partial charge in [-0.25, -0.2) is 9.78 Å². The number of carboxylic acid groups (broad SMARTS) is 1. The van der Waals surface area contributed by atoms with E-state index < -0.39 is 5.97 Å². The summed E-state index contributed by atoms with van der Waals surface area (Å²) in [5, 5.41) is 8.55. The Morgan fingerprint density at radius 2 is 2.19 bits per heavy atom. The van der Waals surface area contributed by atoms with Crippen LogP contribution >= 0.6 is 0 Å². The Hall–Kier alpha value is -2.66. The highest BCUT2D eigenvalue weighted by Gasteiger charge is 2.00. The standard InChI is InChI=1S/C16H15NO4/c1-20-11-13-3-2-4-14(9-13)21-15-7-5-12(10-17-15)6-8-16(18)19/h2-10H,11H2,1H3,(H,18,19)/b8-6+. The van der Waals surface area contributed by atoms with E-state index in [9.17, 15) is 4.79 Å². The molecule has 1 heterocycles. The van der Waals surface area contributed by atoms with E-state index in [2.05, 4.69) is 4.98 Å². The first-order valence-corrected chi connectivity index (χ1v) is 6.30. The van der Waals surface area contributed by atoms with Crippen LogP contribution in [0.3, 0.4) is 0 Å². The molecule has 0 saturated heterocycles. The molecule has 1 N–H and O–H groups in total. The minimum absolute atomic E-state index is 0.442. The van der Waals surface area contributed by atoms with Crippen molar-refractivity contribution in [2.75, 3.05) is 7.11 Å². The van der Waals surface area contributed by atoms with E-state index in [1.807, 2.05) is 24.3 Å². The highest BCUT2D eigenvalue weighted by molar-refractivity contribution is 5.85. The molecule has 0 atom stereocenters. The molecule has 108 valence electrons. The number of rotatable bonds is 6. The molecule has 2 aromatic rings. The molecule has 0 amide bonds. The van der Waals surface area contributed by atoms with E-state index in [0.29, 0.717) is 23.8 Å². The molecule has 5 heteroatoms. The molecule has 0 aliphatic rings. The fourth-order valence-corrected chi connectivity index (χ4v) is 1.70. The third-order valence-corrected chi connectivity index (χ3v) is 2.61. The van der Waals surface area contributed by atoms with Gasteiger partial charge in [-0.15, -0.1) is 0 Å². The summed E-state index contributed by atoms with van der Waals surface area (Å²) in [6.07, 6.45) is 4.08. The largest absolute Gasteiger partial charge is 0.478 e. The minimum Gasteiger partial charge on any atom is -0.478 e. The predicted octanol–water partition coefficient (Wildman–Crippen LogP) is 3.12. The summed E-state index contributed by atoms with van der Waals surface area (Å²) in [7, 11) is 1.64. The normalized spacial score (nSPS) is 10.7. The van der Waals surface area contributed by atoms with E-state index in [-0.39, 0.29) is 0 Å². The van der Waals surface area contributed by atoms with E-state index in [4.69, 9.17) is 14.6 Å². The van der Waals surface area contributed by atoms with Crippen LogP contribution in [-0.4, -0.2) is 23.2 Å². The topological polar surface area (TPSA) is 68.7 Å². The highest BCUT2D eigenvalue weighted by Crippen LogP contribution is 2.21. The Labute approximate surface area is 122 Å². The average Bonchev–Trinajstić information content (AvgIpc) is 2.47. The van der Waals surface area contributed by atoms with Gasteiger partial charge in [0.05, 0.1) is 6.61 Å². The van der Waals surface area contributed by atoms with Gasteiger partial charge in [0, 0.05) is 25.4 Å². The third kappa shape index (κ3) is 4.74. The number of nitrogens with zero attached hydrogens (tertiary/aromatic N) is 1. The fourth-order valence-electron chi connectivity index (χ4n) is 1.70. The van der Waals surface area contributed by atoms with Gasteiger partial charge in [0.1, 0.15) is 5.75 Å². The summed E-state index contributed by atoms with van der Waals surface area (Å²) in [6, 6.07) is 11.0. The minimum atomic E-state index is -0.995. The van der Waals surface area contributed by atoms with Crippen LogP contribution in [0.5, 0.6) is 11.6 Å². The van der Waals surface area contributed by atoms with E-state index in [1.165, 1.54) is 6.08 Å². The van der Waals surface area contributed by atoms with Crippen molar-refractivity contribution < 1.29 is 19.4 Å². The molecular formula is C16H15NO4. The summed E-state index contributed by atoms with van der Waals surface area (Å²) in [5.74, 6) is 0.119. The van der Waals surface area contributed by atoms with Gasteiger partial charge in [-0.1, -0.05) is 12.1 Å². The van der Waals surface area contributed by atoms with E-state index in [1.54, 1.807) is 25.4 Å². The average molecular weight is 285 g/mol. The zero-order valence-corrected chi connectivity index (χ0v) is 11.5. The Balaban J connectivity index is 2.06. The number of pyridine rings is 1. The molecule has 0 bridgehead atoms. The summed E-state index contributed by atoms with van der Waals surface area (Å²) in [4.78, 5) is 14.6. The van der Waals surface area contributed by atoms with Gasteiger partial charge in [-0.2, -0.15) is 0 Å². The molecule has 0 spiro atoms. The Morgan fingerprint density at radius 3 is 2.86 bits per heavy atom. The number of aliphatic carboxylic acids is 1. The lowest BCUT2D eigenvalue weighted by Gasteiger charge is -2.06. The van der Waals surface area contributed by atoms with Crippen molar-refractivity contribution in [3.05, 3.63) is 59.8 Å². The van der Waals surface area contributed by atoms with Crippen molar-refractivity contribution in [1.29, 1.82) is 0 Å². The van der Waals surface area contributed by atoms with Crippen LogP contribution < -0.4 is 4.74 Å². The van der Waals surface area contributed by atoms with Crippen LogP contribution in [0.15, 0.2) is 48.7 Å². The first-order chi connectivity index (χ1) is 10.2. The maximum absolute atomic E-state index is 10.4. The second-order valence-electron chi connectivity index (χ2n) is 4.28. The van der Waals surface area contributed by atoms with Crippen LogP contribution in [0.4, 0.5) is 0 Å². The molecule has 2 rings (SSSR count). The van der Waals surface area contributed by atoms with Gasteiger partial charge in [-0.3, -0.25) is 0 Å². The fraction of sp³-hybridized carbons (Fsp3) is 0.125. The van der Waals surface area contributed by atoms with Crippen molar-refractivity contribution in [1.82, 2.24) is 4.98 Å². The van der Waals surface area contributed by atoms with E-state index in [0.717, 1.165) is 11.6 Å². The number of methoxy groups -OCH3 is 1. The molecule has 0 aliphatic heterocycles. The number of hydrogen-bond acceptors (Lipinski definition) is 4. The molecule has 5 nitrogen and oxygen atoms in total. The quantitative estimate of drug-likeness (QED) is 0.826. The number of hydrogen-bond donors (Lipinski definition) is 1. The van der Waals surface area contributed by atoms with Crippen molar-refractivity contribution in [3.8, 4) is 11.6 Å². The maximum Gasteiger partial charge on any atom is 0.328 e. The number of benzene rings is 1. The summed E-state index contributed by atoms with van der Waals surface area (Å²) >= 11 is 0. The smallest absolute Gasteiger partial charge is 0.328 e. The second kappa shape index (κ2) is 7.21. The van der Waals surface area contributed by atoms with Gasteiger partial charge in [-0.05, 0) is 35.4 Å². The molecule has 21 heavy (non-hydrogen) atoms. The van der Waals surface area contributed by atoms with Crippen LogP contribution in [0.1, 0.15) is 11.1 Å². The Kier molecular flexibility index (Phi) is 5.06. The van der Waals surface area contributed by atoms with Crippen molar-refractivity contribution >= 4 is 12.0 Å². The molecule has 0 unspecified atom stereocenters. The van der Waals surface area contributed by atoms with Gasteiger partial charge in [0.25, 0.3) is 0 Å². The number of ether oxygens (including phenoxy) is 2. The summed E-state index contributed by atoms with van der Waals surface area (Å²) in [6.45, 7) is 0.517. The van der Waals surface area contributed by atoms with Crippen molar-refractivity contribution in [3.63, 3.8) is 0 Å². The number of aromatic nitrogens is 1. The van der Waals surface area contributed by atoms with Crippen molar-refractivity contribution in [2.24, 2.45) is 0 Å². The molecule has 1 aromatic heterocycles. The summed E-state index contributed by atoms with van der Waals surface area (Å²) < 4.78 is 10.7. The first-order valence-electron chi connectivity index (χ1n) is 6.30. The van der Waals surface area contributed by atoms with E-state index >= 15 is 0 Å². The summed E-state index contributed by atoms with van der Waals surface area (Å²) in [5.41, 5.74) is 1.70. The monoisotopic (exact) mass is 285 g/mol. The molecular weight excluding hydrogens is 270 g/mol. The molecule has 0 saturated carbocycles. The van der Waals surface area contributed by atoms with Gasteiger partial charge >= 0.3 is 5.97 Å². The molecule has 0 radical (unpaired) electrons. The van der Waals surface area contributed by atoms with Crippen LogP contribution in [0.2, 0.25) is 0 Å². The van der Waals surface area contributed by atoms with Crippen LogP contribution in [-0.2, 0) is 16.1 Å². The lowest BCUT2D eigenvalue weighted by molar-refractivity contribution is -0.131. The Morgan fingerprint density at radius 1 is 1.33 bits per heavy atom. The van der Waals surface area contributed by atoms with Gasteiger partial charge in [0.2, 0.25) is 5.88 Å². The first kappa shape index (κ1) is 14.7. The lowest BCUT2D eigenvalue weighted by atomic mass is 10.2. The predicted molar refractivity (Wildman–Crippen MR) is 78.1 cm³/mol. The molecule has 0 aliphatic carbocycles. The van der Waals surface area contributed by atoms with Gasteiger partial charge < -0.3 is 14.6 Å².